The molecule has 0 unspecified atom stereocenters. The van der Waals surface area contributed by atoms with E-state index >= 15 is 0 Å². The summed E-state index contributed by atoms with van der Waals surface area (Å²) >= 11 is 0. The highest BCUT2D eigenvalue weighted by Gasteiger charge is 2.37. The summed E-state index contributed by atoms with van der Waals surface area (Å²) in [5.74, 6) is 1.46. The monoisotopic (exact) mass is 399 g/mol. The lowest BCUT2D eigenvalue weighted by Crippen LogP contribution is -2.30. The first-order chi connectivity index (χ1) is 13.6. The second-order valence-corrected chi connectivity index (χ2v) is 9.71. The average molecular weight is 400 g/mol. The lowest BCUT2D eigenvalue weighted by molar-refractivity contribution is 0.296. The average Bonchev–Trinajstić information content (AvgIpc) is 3.32. The van der Waals surface area contributed by atoms with Crippen LogP contribution in [0.1, 0.15) is 48.4 Å². The smallest absolute Gasteiger partial charge is 0.243 e. The van der Waals surface area contributed by atoms with Crippen LogP contribution in [0, 0.1) is 0 Å². The summed E-state index contributed by atoms with van der Waals surface area (Å²) in [5.41, 5.74) is 3.46. The molecule has 0 radical (unpaired) electrons. The van der Waals surface area contributed by atoms with Gasteiger partial charge in [-0.25, -0.2) is 8.42 Å². The van der Waals surface area contributed by atoms with Gasteiger partial charge in [-0.2, -0.15) is 4.31 Å². The SMILES string of the molecule is O=S(=O)(c1ccc2c(c1)CCC2)N1CCC[C@@H]1c1ccc2c(c1)OCCCO2. The summed E-state index contributed by atoms with van der Waals surface area (Å²) in [4.78, 5) is 0.425. The fourth-order valence-electron chi connectivity index (χ4n) is 4.59. The third-order valence-electron chi connectivity index (χ3n) is 6.04. The second kappa shape index (κ2) is 7.08. The number of ether oxygens (including phenoxy) is 2. The first-order valence-electron chi connectivity index (χ1n) is 10.2. The fourth-order valence-corrected chi connectivity index (χ4v) is 6.33. The van der Waals surface area contributed by atoms with Crippen LogP contribution in [-0.2, 0) is 22.9 Å². The molecule has 2 aromatic carbocycles. The van der Waals surface area contributed by atoms with Crippen molar-refractivity contribution in [3.8, 4) is 11.5 Å². The molecule has 5 rings (SSSR count). The molecule has 0 N–H and O–H groups in total. The molecule has 5 nitrogen and oxygen atoms in total. The van der Waals surface area contributed by atoms with E-state index in [0.717, 1.165) is 55.6 Å². The van der Waals surface area contributed by atoms with Gasteiger partial charge in [-0.3, -0.25) is 0 Å². The van der Waals surface area contributed by atoms with Crippen LogP contribution in [0.4, 0.5) is 0 Å². The molecule has 2 aromatic rings. The molecule has 6 heteroatoms. The summed E-state index contributed by atoms with van der Waals surface area (Å²) in [7, 11) is -3.52. The Morgan fingerprint density at radius 1 is 0.857 bits per heavy atom. The number of rotatable bonds is 3. The van der Waals surface area contributed by atoms with E-state index in [2.05, 4.69) is 0 Å². The second-order valence-electron chi connectivity index (χ2n) is 7.81. The van der Waals surface area contributed by atoms with Crippen molar-refractivity contribution in [2.45, 2.75) is 49.5 Å². The molecule has 148 valence electrons. The molecule has 0 aromatic heterocycles. The third kappa shape index (κ3) is 3.08. The Labute approximate surface area is 166 Å². The minimum atomic E-state index is -3.52. The summed E-state index contributed by atoms with van der Waals surface area (Å²) in [6.07, 6.45) is 5.69. The topological polar surface area (TPSA) is 55.8 Å². The van der Waals surface area contributed by atoms with Crippen LogP contribution in [0.3, 0.4) is 0 Å². The number of nitrogens with zero attached hydrogens (tertiary/aromatic N) is 1. The number of aryl methyl sites for hydroxylation is 2. The summed E-state index contributed by atoms with van der Waals surface area (Å²) in [6, 6.07) is 11.4. The van der Waals surface area contributed by atoms with Crippen molar-refractivity contribution in [3.63, 3.8) is 0 Å². The van der Waals surface area contributed by atoms with Gasteiger partial charge < -0.3 is 9.47 Å². The third-order valence-corrected chi connectivity index (χ3v) is 7.94. The molecule has 1 atom stereocenters. The van der Waals surface area contributed by atoms with Crippen molar-refractivity contribution >= 4 is 10.0 Å². The molecule has 1 fully saturated rings. The Kier molecular flexibility index (Phi) is 4.56. The van der Waals surface area contributed by atoms with Gasteiger partial charge in [0.15, 0.2) is 11.5 Å². The van der Waals surface area contributed by atoms with E-state index < -0.39 is 10.0 Å². The molecule has 2 aliphatic heterocycles. The quantitative estimate of drug-likeness (QED) is 0.786. The maximum atomic E-state index is 13.4. The molecule has 0 amide bonds. The first-order valence-corrected chi connectivity index (χ1v) is 11.6. The van der Waals surface area contributed by atoms with Gasteiger partial charge >= 0.3 is 0 Å². The predicted molar refractivity (Wildman–Crippen MR) is 106 cm³/mol. The fraction of sp³-hybridized carbons (Fsp3) is 0.455. The zero-order chi connectivity index (χ0) is 19.1. The Bertz CT molecular complexity index is 1000. The Morgan fingerprint density at radius 3 is 2.57 bits per heavy atom. The predicted octanol–water partition coefficient (Wildman–Crippen LogP) is 3.86. The lowest BCUT2D eigenvalue weighted by Gasteiger charge is -2.25. The van der Waals surface area contributed by atoms with Gasteiger partial charge in [0, 0.05) is 13.0 Å². The van der Waals surface area contributed by atoms with Crippen LogP contribution in [0.5, 0.6) is 11.5 Å². The normalized spacial score (nSPS) is 22.1. The van der Waals surface area contributed by atoms with E-state index in [1.807, 2.05) is 30.3 Å². The van der Waals surface area contributed by atoms with Gasteiger partial charge in [-0.15, -0.1) is 0 Å². The molecule has 0 saturated carbocycles. The van der Waals surface area contributed by atoms with Crippen molar-refractivity contribution in [2.75, 3.05) is 19.8 Å². The van der Waals surface area contributed by atoms with E-state index in [1.54, 1.807) is 10.4 Å². The summed E-state index contributed by atoms with van der Waals surface area (Å²) in [5, 5.41) is 0. The molecule has 0 bridgehead atoms. The van der Waals surface area contributed by atoms with Gasteiger partial charge in [-0.05, 0) is 73.1 Å². The van der Waals surface area contributed by atoms with Crippen molar-refractivity contribution in [1.82, 2.24) is 4.31 Å². The number of hydrogen-bond donors (Lipinski definition) is 0. The van der Waals surface area contributed by atoms with Crippen LogP contribution in [0.15, 0.2) is 41.3 Å². The number of hydrogen-bond acceptors (Lipinski definition) is 4. The van der Waals surface area contributed by atoms with Crippen LogP contribution in [-0.4, -0.2) is 32.5 Å². The highest BCUT2D eigenvalue weighted by Crippen LogP contribution is 2.40. The molecular formula is C22H25NO4S. The zero-order valence-corrected chi connectivity index (χ0v) is 16.7. The highest BCUT2D eigenvalue weighted by atomic mass is 32.2. The molecule has 3 aliphatic rings. The summed E-state index contributed by atoms with van der Waals surface area (Å²) in [6.45, 7) is 1.82. The molecule has 2 heterocycles. The van der Waals surface area contributed by atoms with Crippen molar-refractivity contribution < 1.29 is 17.9 Å². The van der Waals surface area contributed by atoms with Gasteiger partial charge in [0.05, 0.1) is 24.2 Å². The van der Waals surface area contributed by atoms with E-state index in [9.17, 15) is 8.42 Å². The van der Waals surface area contributed by atoms with E-state index in [1.165, 1.54) is 11.1 Å². The maximum Gasteiger partial charge on any atom is 0.243 e. The van der Waals surface area contributed by atoms with E-state index in [-0.39, 0.29) is 6.04 Å². The van der Waals surface area contributed by atoms with Crippen LogP contribution < -0.4 is 9.47 Å². The first kappa shape index (κ1) is 18.0. The maximum absolute atomic E-state index is 13.4. The number of fused-ring (bicyclic) bond motifs is 2. The Balaban J connectivity index is 1.47. The van der Waals surface area contributed by atoms with Gasteiger partial charge in [0.1, 0.15) is 0 Å². The van der Waals surface area contributed by atoms with Crippen molar-refractivity contribution in [1.29, 1.82) is 0 Å². The lowest BCUT2D eigenvalue weighted by atomic mass is 10.0. The largest absolute Gasteiger partial charge is 0.490 e. The molecule has 1 saturated heterocycles. The molecule has 28 heavy (non-hydrogen) atoms. The molecule has 0 spiro atoms. The van der Waals surface area contributed by atoms with Crippen LogP contribution in [0.25, 0.3) is 0 Å². The van der Waals surface area contributed by atoms with E-state index in [4.69, 9.17) is 9.47 Å². The highest BCUT2D eigenvalue weighted by molar-refractivity contribution is 7.89. The number of sulfonamides is 1. The van der Waals surface area contributed by atoms with Crippen molar-refractivity contribution in [3.05, 3.63) is 53.1 Å². The Morgan fingerprint density at radius 2 is 1.68 bits per heavy atom. The van der Waals surface area contributed by atoms with Gasteiger partial charge in [0.2, 0.25) is 10.0 Å². The van der Waals surface area contributed by atoms with E-state index in [0.29, 0.717) is 24.7 Å². The minimum Gasteiger partial charge on any atom is -0.490 e. The standard InChI is InChI=1S/C22H25NO4S/c24-28(25,19-9-7-16-4-1-5-17(16)14-19)23-11-2-6-20(23)18-8-10-21-22(15-18)27-13-3-12-26-21/h7-10,14-15,20H,1-6,11-13H2/t20-/m1/s1. The van der Waals surface area contributed by atoms with Crippen molar-refractivity contribution in [2.24, 2.45) is 0 Å². The zero-order valence-electron chi connectivity index (χ0n) is 15.9. The summed E-state index contributed by atoms with van der Waals surface area (Å²) < 4.78 is 40.1. The molecule has 1 aliphatic carbocycles. The van der Waals surface area contributed by atoms with Gasteiger partial charge in [-0.1, -0.05) is 12.1 Å². The molecular weight excluding hydrogens is 374 g/mol. The number of benzene rings is 2. The Hall–Kier alpha value is -2.05. The van der Waals surface area contributed by atoms with Crippen LogP contribution in [0.2, 0.25) is 0 Å². The minimum absolute atomic E-state index is 0.157. The van der Waals surface area contributed by atoms with Crippen LogP contribution >= 0.6 is 0 Å². The van der Waals surface area contributed by atoms with Gasteiger partial charge in [0.25, 0.3) is 0 Å².